The lowest BCUT2D eigenvalue weighted by atomic mass is 10.2. The first kappa shape index (κ1) is 21.9. The lowest BCUT2D eigenvalue weighted by Crippen LogP contribution is -2.25. The first-order valence-corrected chi connectivity index (χ1v) is 11.1. The van der Waals surface area contributed by atoms with Crippen molar-refractivity contribution in [1.82, 2.24) is 0 Å². The maximum Gasteiger partial charge on any atom is 0.237 e. The van der Waals surface area contributed by atoms with Gasteiger partial charge in [-0.2, -0.15) is 0 Å². The maximum atomic E-state index is 12.6. The standard InChI is InChI=1S/C19H24N2O5S2/c1-13(27-16-9-10-17(25-3)18(12-16)26-4)19(22)20-14-7-6-8-15(11-14)21(2)28(5,23)24/h6-13H,1-5H3,(H,20,22). The Labute approximate surface area is 170 Å². The van der Waals surface area contributed by atoms with Gasteiger partial charge in [0.05, 0.1) is 31.4 Å². The van der Waals surface area contributed by atoms with Crippen LogP contribution in [0.1, 0.15) is 6.92 Å². The molecule has 0 aliphatic rings. The predicted molar refractivity (Wildman–Crippen MR) is 113 cm³/mol. The second-order valence-corrected chi connectivity index (χ2v) is 9.47. The van der Waals surface area contributed by atoms with Gasteiger partial charge in [-0.1, -0.05) is 6.07 Å². The molecule has 0 saturated heterocycles. The smallest absolute Gasteiger partial charge is 0.237 e. The number of carbonyl (C=O) groups excluding carboxylic acids is 1. The van der Waals surface area contributed by atoms with Gasteiger partial charge in [0.2, 0.25) is 15.9 Å². The molecule has 0 aliphatic heterocycles. The molecule has 28 heavy (non-hydrogen) atoms. The molecule has 0 aliphatic carbocycles. The monoisotopic (exact) mass is 424 g/mol. The number of carbonyl (C=O) groups is 1. The summed E-state index contributed by atoms with van der Waals surface area (Å²) in [6, 6.07) is 12.2. The topological polar surface area (TPSA) is 84.9 Å². The number of thioether (sulfide) groups is 1. The summed E-state index contributed by atoms with van der Waals surface area (Å²) >= 11 is 1.38. The van der Waals surface area contributed by atoms with Crippen molar-refractivity contribution in [3.05, 3.63) is 42.5 Å². The molecule has 2 rings (SSSR count). The van der Waals surface area contributed by atoms with Gasteiger partial charge in [0.1, 0.15) is 0 Å². The molecule has 0 radical (unpaired) electrons. The van der Waals surface area contributed by atoms with Gasteiger partial charge in [-0.05, 0) is 43.3 Å². The largest absolute Gasteiger partial charge is 0.493 e. The quantitative estimate of drug-likeness (QED) is 0.655. The van der Waals surface area contributed by atoms with Crippen LogP contribution in [0.25, 0.3) is 0 Å². The summed E-state index contributed by atoms with van der Waals surface area (Å²) in [6.45, 7) is 1.79. The Hall–Kier alpha value is -2.39. The lowest BCUT2D eigenvalue weighted by Gasteiger charge is -2.18. The van der Waals surface area contributed by atoms with Crippen molar-refractivity contribution in [3.8, 4) is 11.5 Å². The molecule has 0 spiro atoms. The second-order valence-electron chi connectivity index (χ2n) is 6.05. The SMILES string of the molecule is COc1ccc(SC(C)C(=O)Nc2cccc(N(C)S(C)(=O)=O)c2)cc1OC. The number of anilines is 2. The number of ether oxygens (including phenoxy) is 2. The van der Waals surface area contributed by atoms with Crippen molar-refractivity contribution >= 4 is 39.1 Å². The fourth-order valence-electron chi connectivity index (χ4n) is 2.36. The third-order valence-corrected chi connectivity index (χ3v) is 6.31. The van der Waals surface area contributed by atoms with Crippen molar-refractivity contribution in [3.63, 3.8) is 0 Å². The molecule has 7 nitrogen and oxygen atoms in total. The first-order chi connectivity index (χ1) is 13.2. The van der Waals surface area contributed by atoms with Crippen LogP contribution in [0.2, 0.25) is 0 Å². The van der Waals surface area contributed by atoms with E-state index in [-0.39, 0.29) is 11.2 Å². The maximum absolute atomic E-state index is 12.6. The van der Waals surface area contributed by atoms with E-state index < -0.39 is 10.0 Å². The van der Waals surface area contributed by atoms with Crippen LogP contribution in [-0.2, 0) is 14.8 Å². The summed E-state index contributed by atoms with van der Waals surface area (Å²) in [5.74, 6) is 1.02. The number of rotatable bonds is 8. The van der Waals surface area contributed by atoms with Crippen molar-refractivity contribution in [1.29, 1.82) is 0 Å². The van der Waals surface area contributed by atoms with Crippen LogP contribution < -0.4 is 19.1 Å². The van der Waals surface area contributed by atoms with Crippen LogP contribution in [0.5, 0.6) is 11.5 Å². The van der Waals surface area contributed by atoms with Crippen molar-refractivity contribution < 1.29 is 22.7 Å². The summed E-state index contributed by atoms with van der Waals surface area (Å²) in [5.41, 5.74) is 0.998. The Morgan fingerprint density at radius 3 is 2.39 bits per heavy atom. The zero-order valence-electron chi connectivity index (χ0n) is 16.4. The van der Waals surface area contributed by atoms with Gasteiger partial charge in [0, 0.05) is 17.6 Å². The number of sulfonamides is 1. The molecule has 9 heteroatoms. The van der Waals surface area contributed by atoms with Gasteiger partial charge in [0.15, 0.2) is 11.5 Å². The first-order valence-electron chi connectivity index (χ1n) is 8.39. The highest BCUT2D eigenvalue weighted by Gasteiger charge is 2.17. The molecule has 2 aromatic carbocycles. The summed E-state index contributed by atoms with van der Waals surface area (Å²) in [4.78, 5) is 13.4. The number of benzene rings is 2. The number of hydrogen-bond acceptors (Lipinski definition) is 6. The molecule has 1 atom stereocenters. The molecule has 0 heterocycles. The summed E-state index contributed by atoms with van der Waals surface area (Å²) in [7, 11) is 1.21. The van der Waals surface area contributed by atoms with Crippen LogP contribution in [0, 0.1) is 0 Å². The Bertz CT molecular complexity index is 947. The fourth-order valence-corrected chi connectivity index (χ4v) is 3.75. The van der Waals surface area contributed by atoms with E-state index in [1.165, 1.54) is 18.8 Å². The van der Waals surface area contributed by atoms with Crippen LogP contribution in [0.3, 0.4) is 0 Å². The highest BCUT2D eigenvalue weighted by molar-refractivity contribution is 8.00. The van der Waals surface area contributed by atoms with Crippen molar-refractivity contribution in [2.24, 2.45) is 0 Å². The lowest BCUT2D eigenvalue weighted by molar-refractivity contribution is -0.115. The minimum Gasteiger partial charge on any atom is -0.493 e. The number of methoxy groups -OCH3 is 2. The highest BCUT2D eigenvalue weighted by atomic mass is 32.2. The second kappa shape index (κ2) is 9.20. The number of hydrogen-bond donors (Lipinski definition) is 1. The van der Waals surface area contributed by atoms with Gasteiger partial charge in [-0.15, -0.1) is 11.8 Å². The van der Waals surface area contributed by atoms with E-state index in [0.717, 1.165) is 15.5 Å². The van der Waals surface area contributed by atoms with Gasteiger partial charge in [0.25, 0.3) is 0 Å². The molecular formula is C19H24N2O5S2. The van der Waals surface area contributed by atoms with E-state index >= 15 is 0 Å². The number of nitrogens with zero attached hydrogens (tertiary/aromatic N) is 1. The van der Waals surface area contributed by atoms with Crippen LogP contribution >= 0.6 is 11.8 Å². The molecule has 2 aromatic rings. The molecule has 1 unspecified atom stereocenters. The van der Waals surface area contributed by atoms with Gasteiger partial charge in [-0.3, -0.25) is 9.10 Å². The van der Waals surface area contributed by atoms with E-state index in [2.05, 4.69) is 5.32 Å². The van der Waals surface area contributed by atoms with E-state index in [9.17, 15) is 13.2 Å². The van der Waals surface area contributed by atoms with E-state index in [1.807, 2.05) is 12.1 Å². The molecule has 0 fully saturated rings. The van der Waals surface area contributed by atoms with Crippen molar-refractivity contribution in [2.75, 3.05) is 37.1 Å². The molecule has 0 bridgehead atoms. The Balaban J connectivity index is 2.09. The zero-order chi connectivity index (χ0) is 20.9. The van der Waals surface area contributed by atoms with Crippen LogP contribution in [-0.4, -0.2) is 47.1 Å². The molecule has 1 N–H and O–H groups in total. The van der Waals surface area contributed by atoms with Gasteiger partial charge >= 0.3 is 0 Å². The third-order valence-electron chi connectivity index (χ3n) is 4.01. The molecular weight excluding hydrogens is 400 g/mol. The predicted octanol–water partition coefficient (Wildman–Crippen LogP) is 3.22. The van der Waals surface area contributed by atoms with Crippen LogP contribution in [0.15, 0.2) is 47.4 Å². The summed E-state index contributed by atoms with van der Waals surface area (Å²) < 4.78 is 35.0. The Kier molecular flexibility index (Phi) is 7.20. The third kappa shape index (κ3) is 5.56. The van der Waals surface area contributed by atoms with Gasteiger partial charge < -0.3 is 14.8 Å². The fraction of sp³-hybridized carbons (Fsp3) is 0.316. The van der Waals surface area contributed by atoms with E-state index in [4.69, 9.17) is 9.47 Å². The highest BCUT2D eigenvalue weighted by Crippen LogP contribution is 2.33. The van der Waals surface area contributed by atoms with Crippen molar-refractivity contribution in [2.45, 2.75) is 17.1 Å². The number of amides is 1. The van der Waals surface area contributed by atoms with Gasteiger partial charge in [-0.25, -0.2) is 8.42 Å². The average molecular weight is 425 g/mol. The minimum absolute atomic E-state index is 0.195. The Morgan fingerprint density at radius 2 is 1.79 bits per heavy atom. The normalized spacial score (nSPS) is 12.2. The summed E-state index contributed by atoms with van der Waals surface area (Å²) in [6.07, 6.45) is 1.13. The zero-order valence-corrected chi connectivity index (χ0v) is 18.1. The van der Waals surface area contributed by atoms with Crippen LogP contribution in [0.4, 0.5) is 11.4 Å². The number of nitrogens with one attached hydrogen (secondary N) is 1. The van der Waals surface area contributed by atoms with E-state index in [1.54, 1.807) is 51.5 Å². The molecule has 0 saturated carbocycles. The molecule has 152 valence electrons. The summed E-state index contributed by atoms with van der Waals surface area (Å²) in [5, 5.41) is 2.44. The molecule has 0 aromatic heterocycles. The van der Waals surface area contributed by atoms with E-state index in [0.29, 0.717) is 22.9 Å². The average Bonchev–Trinajstić information content (AvgIpc) is 2.66. The molecule has 1 amide bonds. The minimum atomic E-state index is -3.38. The Morgan fingerprint density at radius 1 is 1.11 bits per heavy atom.